The van der Waals surface area contributed by atoms with Gasteiger partial charge < -0.3 is 16.5 Å². The van der Waals surface area contributed by atoms with Crippen molar-refractivity contribution in [2.45, 2.75) is 6.92 Å². The Balaban J connectivity index is 2.21. The van der Waals surface area contributed by atoms with Crippen LogP contribution in [0.3, 0.4) is 0 Å². The van der Waals surface area contributed by atoms with Gasteiger partial charge in [0.2, 0.25) is 5.95 Å². The van der Waals surface area contributed by atoms with Gasteiger partial charge in [0.15, 0.2) is 0 Å². The maximum atomic E-state index is 11.8. The predicted molar refractivity (Wildman–Crippen MR) is 92.6 cm³/mol. The molecule has 0 fully saturated rings. The number of rotatable bonds is 3. The third-order valence-corrected chi connectivity index (χ3v) is 4.43. The predicted octanol–water partition coefficient (Wildman–Crippen LogP) is 2.89. The SMILES string of the molecule is Cc1c(Br)cccc1-c1[nH]c(-c2ccnc(N)n2)cc1C(N)=O. The largest absolute Gasteiger partial charge is 0.368 e. The Morgan fingerprint density at radius 3 is 2.78 bits per heavy atom. The van der Waals surface area contributed by atoms with Crippen molar-refractivity contribution in [1.29, 1.82) is 0 Å². The fourth-order valence-corrected chi connectivity index (χ4v) is 2.77. The van der Waals surface area contributed by atoms with E-state index in [4.69, 9.17) is 11.5 Å². The lowest BCUT2D eigenvalue weighted by Gasteiger charge is -2.07. The Bertz CT molecular complexity index is 903. The first-order valence-electron chi connectivity index (χ1n) is 6.84. The number of nitrogen functional groups attached to an aromatic ring is 1. The summed E-state index contributed by atoms with van der Waals surface area (Å²) in [7, 11) is 0. The summed E-state index contributed by atoms with van der Waals surface area (Å²) in [5, 5.41) is 0. The van der Waals surface area contributed by atoms with Crippen molar-refractivity contribution in [3.8, 4) is 22.6 Å². The molecule has 1 amide bonds. The van der Waals surface area contributed by atoms with Crippen molar-refractivity contribution in [2.75, 3.05) is 5.73 Å². The van der Waals surface area contributed by atoms with Crippen LogP contribution in [-0.4, -0.2) is 20.9 Å². The van der Waals surface area contributed by atoms with Gasteiger partial charge in [-0.15, -0.1) is 0 Å². The number of hydrogen-bond donors (Lipinski definition) is 3. The molecule has 7 heteroatoms. The van der Waals surface area contributed by atoms with Crippen LogP contribution in [0.25, 0.3) is 22.6 Å². The summed E-state index contributed by atoms with van der Waals surface area (Å²) in [6, 6.07) is 9.17. The molecule has 0 atom stereocenters. The molecule has 0 spiro atoms. The molecule has 2 aromatic heterocycles. The fourth-order valence-electron chi connectivity index (χ4n) is 2.40. The molecule has 0 radical (unpaired) electrons. The third-order valence-electron chi connectivity index (χ3n) is 3.57. The number of H-pyrrole nitrogens is 1. The molecular formula is C16H14BrN5O. The van der Waals surface area contributed by atoms with Gasteiger partial charge in [-0.2, -0.15) is 0 Å². The van der Waals surface area contributed by atoms with Gasteiger partial charge in [0.05, 0.1) is 22.6 Å². The van der Waals surface area contributed by atoms with Gasteiger partial charge in [0.25, 0.3) is 5.91 Å². The number of amides is 1. The lowest BCUT2D eigenvalue weighted by Crippen LogP contribution is -2.11. The van der Waals surface area contributed by atoms with Crippen LogP contribution in [0.2, 0.25) is 0 Å². The Morgan fingerprint density at radius 1 is 1.30 bits per heavy atom. The van der Waals surface area contributed by atoms with Crippen LogP contribution < -0.4 is 11.5 Å². The molecule has 3 rings (SSSR count). The number of nitrogens with two attached hydrogens (primary N) is 2. The van der Waals surface area contributed by atoms with E-state index < -0.39 is 5.91 Å². The second kappa shape index (κ2) is 5.85. The second-order valence-electron chi connectivity index (χ2n) is 5.05. The van der Waals surface area contributed by atoms with Crippen LogP contribution in [0.4, 0.5) is 5.95 Å². The fraction of sp³-hybridized carbons (Fsp3) is 0.0625. The highest BCUT2D eigenvalue weighted by Gasteiger charge is 2.18. The summed E-state index contributed by atoms with van der Waals surface area (Å²) in [5.74, 6) is -0.346. The van der Waals surface area contributed by atoms with E-state index in [1.54, 1.807) is 18.3 Å². The van der Waals surface area contributed by atoms with Gasteiger partial charge in [0, 0.05) is 16.2 Å². The van der Waals surface area contributed by atoms with E-state index in [-0.39, 0.29) is 5.95 Å². The lowest BCUT2D eigenvalue weighted by molar-refractivity contribution is 0.100. The van der Waals surface area contributed by atoms with E-state index in [1.165, 1.54) is 0 Å². The van der Waals surface area contributed by atoms with Crippen molar-refractivity contribution in [2.24, 2.45) is 5.73 Å². The normalized spacial score (nSPS) is 10.7. The van der Waals surface area contributed by atoms with Crippen LogP contribution in [0, 0.1) is 6.92 Å². The minimum Gasteiger partial charge on any atom is -0.368 e. The first-order valence-corrected chi connectivity index (χ1v) is 7.64. The zero-order chi connectivity index (χ0) is 16.6. The Labute approximate surface area is 141 Å². The molecule has 0 aliphatic rings. The van der Waals surface area contributed by atoms with Gasteiger partial charge in [-0.3, -0.25) is 4.79 Å². The number of anilines is 1. The van der Waals surface area contributed by atoms with Gasteiger partial charge in [-0.1, -0.05) is 28.1 Å². The molecule has 1 aromatic carbocycles. The molecule has 23 heavy (non-hydrogen) atoms. The zero-order valence-corrected chi connectivity index (χ0v) is 13.9. The van der Waals surface area contributed by atoms with E-state index in [9.17, 15) is 4.79 Å². The number of carbonyl (C=O) groups excluding carboxylic acids is 1. The summed E-state index contributed by atoms with van der Waals surface area (Å²) in [4.78, 5) is 23.1. The van der Waals surface area contributed by atoms with E-state index in [0.29, 0.717) is 22.6 Å². The second-order valence-corrected chi connectivity index (χ2v) is 5.90. The first kappa shape index (κ1) is 15.2. The average Bonchev–Trinajstić information content (AvgIpc) is 2.95. The van der Waals surface area contributed by atoms with Crippen LogP contribution in [0.15, 0.2) is 41.0 Å². The first-order chi connectivity index (χ1) is 11.0. The quantitative estimate of drug-likeness (QED) is 0.656. The molecule has 0 unspecified atom stereocenters. The maximum Gasteiger partial charge on any atom is 0.250 e. The number of primary amides is 1. The molecule has 5 N–H and O–H groups in total. The van der Waals surface area contributed by atoms with Crippen molar-refractivity contribution in [3.63, 3.8) is 0 Å². The molecule has 0 bridgehead atoms. The van der Waals surface area contributed by atoms with E-state index in [2.05, 4.69) is 30.9 Å². The molecule has 0 aliphatic heterocycles. The van der Waals surface area contributed by atoms with Crippen LogP contribution in [-0.2, 0) is 0 Å². The molecular weight excluding hydrogens is 358 g/mol. The number of aromatic amines is 1. The molecule has 3 aromatic rings. The molecule has 116 valence electrons. The number of benzene rings is 1. The number of carbonyl (C=O) groups is 1. The van der Waals surface area contributed by atoms with Crippen LogP contribution in [0.5, 0.6) is 0 Å². The number of nitrogens with zero attached hydrogens (tertiary/aromatic N) is 2. The number of halogens is 1. The molecule has 6 nitrogen and oxygen atoms in total. The van der Waals surface area contributed by atoms with Crippen molar-refractivity contribution >= 4 is 27.8 Å². The summed E-state index contributed by atoms with van der Waals surface area (Å²) in [6.45, 7) is 1.97. The average molecular weight is 372 g/mol. The van der Waals surface area contributed by atoms with Crippen molar-refractivity contribution in [1.82, 2.24) is 15.0 Å². The van der Waals surface area contributed by atoms with E-state index in [1.807, 2.05) is 25.1 Å². The minimum absolute atomic E-state index is 0.165. The van der Waals surface area contributed by atoms with Crippen LogP contribution in [0.1, 0.15) is 15.9 Å². The summed E-state index contributed by atoms with van der Waals surface area (Å²) < 4.78 is 0.952. The monoisotopic (exact) mass is 371 g/mol. The van der Waals surface area contributed by atoms with Crippen molar-refractivity contribution in [3.05, 3.63) is 52.1 Å². The van der Waals surface area contributed by atoms with Gasteiger partial charge in [-0.05, 0) is 30.7 Å². The topological polar surface area (TPSA) is 111 Å². The Hall–Kier alpha value is -2.67. The zero-order valence-electron chi connectivity index (χ0n) is 12.3. The van der Waals surface area contributed by atoms with E-state index in [0.717, 1.165) is 15.6 Å². The highest BCUT2D eigenvalue weighted by molar-refractivity contribution is 9.10. The van der Waals surface area contributed by atoms with Crippen molar-refractivity contribution < 1.29 is 4.79 Å². The molecule has 0 saturated heterocycles. The maximum absolute atomic E-state index is 11.8. The highest BCUT2D eigenvalue weighted by atomic mass is 79.9. The Morgan fingerprint density at radius 2 is 2.09 bits per heavy atom. The lowest BCUT2D eigenvalue weighted by atomic mass is 10.0. The standard InChI is InChI=1S/C16H14BrN5O/c1-8-9(3-2-4-11(8)17)14-10(15(18)23)7-13(21-14)12-5-6-20-16(19)22-12/h2-7,21H,1H3,(H2,18,23)(H2,19,20,22). The third kappa shape index (κ3) is 2.83. The molecule has 0 aliphatic carbocycles. The summed E-state index contributed by atoms with van der Waals surface area (Å²) in [6.07, 6.45) is 1.56. The summed E-state index contributed by atoms with van der Waals surface area (Å²) in [5.41, 5.74) is 15.4. The smallest absolute Gasteiger partial charge is 0.250 e. The highest BCUT2D eigenvalue weighted by Crippen LogP contribution is 2.32. The van der Waals surface area contributed by atoms with Gasteiger partial charge in [0.1, 0.15) is 0 Å². The summed E-state index contributed by atoms with van der Waals surface area (Å²) >= 11 is 3.50. The number of hydrogen-bond acceptors (Lipinski definition) is 4. The number of aromatic nitrogens is 3. The molecule has 0 saturated carbocycles. The molecule has 2 heterocycles. The van der Waals surface area contributed by atoms with E-state index >= 15 is 0 Å². The van der Waals surface area contributed by atoms with Crippen LogP contribution >= 0.6 is 15.9 Å². The number of nitrogens with one attached hydrogen (secondary N) is 1. The Kier molecular flexibility index (Phi) is 3.87. The van der Waals surface area contributed by atoms with Gasteiger partial charge >= 0.3 is 0 Å². The minimum atomic E-state index is -0.510. The van der Waals surface area contributed by atoms with Gasteiger partial charge in [-0.25, -0.2) is 9.97 Å².